The van der Waals surface area contributed by atoms with Gasteiger partial charge in [-0.1, -0.05) is 18.2 Å². The van der Waals surface area contributed by atoms with Crippen molar-refractivity contribution >= 4 is 9.84 Å². The highest BCUT2D eigenvalue weighted by molar-refractivity contribution is 7.92. The summed E-state index contributed by atoms with van der Waals surface area (Å²) in [4.78, 5) is 0. The third kappa shape index (κ3) is 5.00. The SMILES string of the molecule is COc1ccccc1CC(CN)CCS(=O)(=O)C(C)(C)C. The number of rotatable bonds is 7. The van der Waals surface area contributed by atoms with Crippen molar-refractivity contribution in [1.29, 1.82) is 0 Å². The van der Waals surface area contributed by atoms with Gasteiger partial charge < -0.3 is 10.5 Å². The first-order valence-corrected chi connectivity index (χ1v) is 8.90. The number of sulfone groups is 1. The van der Waals surface area contributed by atoms with Crippen molar-refractivity contribution in [2.45, 2.75) is 38.4 Å². The van der Waals surface area contributed by atoms with Crippen LogP contribution in [0.25, 0.3) is 0 Å². The molecule has 0 fully saturated rings. The summed E-state index contributed by atoms with van der Waals surface area (Å²) in [5, 5.41) is 0. The number of hydrogen-bond acceptors (Lipinski definition) is 4. The van der Waals surface area contributed by atoms with Crippen molar-refractivity contribution in [2.75, 3.05) is 19.4 Å². The Balaban J connectivity index is 2.73. The minimum absolute atomic E-state index is 0.137. The Morgan fingerprint density at radius 3 is 2.38 bits per heavy atom. The molecule has 4 nitrogen and oxygen atoms in total. The van der Waals surface area contributed by atoms with Crippen molar-refractivity contribution in [3.8, 4) is 5.75 Å². The van der Waals surface area contributed by atoms with Gasteiger partial charge in [0.2, 0.25) is 0 Å². The molecule has 0 aliphatic rings. The molecule has 0 amide bonds. The third-order valence-electron chi connectivity index (χ3n) is 3.76. The fraction of sp³-hybridized carbons (Fsp3) is 0.625. The minimum atomic E-state index is -3.10. The zero-order valence-corrected chi connectivity index (χ0v) is 14.2. The summed E-state index contributed by atoms with van der Waals surface area (Å²) in [5.41, 5.74) is 6.89. The molecule has 0 bridgehead atoms. The number of para-hydroxylation sites is 1. The van der Waals surface area contributed by atoms with Crippen molar-refractivity contribution in [2.24, 2.45) is 11.7 Å². The van der Waals surface area contributed by atoms with Crippen LogP contribution in [0.3, 0.4) is 0 Å². The van der Waals surface area contributed by atoms with E-state index >= 15 is 0 Å². The Bertz CT molecular complexity index is 547. The van der Waals surface area contributed by atoms with Gasteiger partial charge in [-0.3, -0.25) is 0 Å². The van der Waals surface area contributed by atoms with E-state index in [0.29, 0.717) is 13.0 Å². The van der Waals surface area contributed by atoms with Crippen molar-refractivity contribution in [3.63, 3.8) is 0 Å². The molecule has 1 unspecified atom stereocenters. The zero-order chi connectivity index (χ0) is 16.1. The van der Waals surface area contributed by atoms with Gasteiger partial charge in [0.05, 0.1) is 17.6 Å². The maximum absolute atomic E-state index is 12.2. The maximum Gasteiger partial charge on any atom is 0.155 e. The molecule has 1 aromatic carbocycles. The van der Waals surface area contributed by atoms with Gasteiger partial charge in [-0.15, -0.1) is 0 Å². The van der Waals surface area contributed by atoms with E-state index in [-0.39, 0.29) is 11.7 Å². The normalized spacial score (nSPS) is 14.0. The van der Waals surface area contributed by atoms with Gasteiger partial charge in [0, 0.05) is 0 Å². The first kappa shape index (κ1) is 18.0. The summed E-state index contributed by atoms with van der Waals surface area (Å²) in [7, 11) is -1.46. The first-order chi connectivity index (χ1) is 9.71. The van der Waals surface area contributed by atoms with E-state index in [0.717, 1.165) is 17.7 Å². The van der Waals surface area contributed by atoms with Gasteiger partial charge >= 0.3 is 0 Å². The second-order valence-electron chi connectivity index (χ2n) is 6.34. The van der Waals surface area contributed by atoms with Crippen molar-refractivity contribution < 1.29 is 13.2 Å². The van der Waals surface area contributed by atoms with Crippen molar-refractivity contribution in [1.82, 2.24) is 0 Å². The summed E-state index contributed by atoms with van der Waals surface area (Å²) in [5.74, 6) is 1.14. The molecular weight excluding hydrogens is 286 g/mol. The van der Waals surface area contributed by atoms with Crippen LogP contribution in [0.2, 0.25) is 0 Å². The summed E-state index contributed by atoms with van der Waals surface area (Å²) in [6.07, 6.45) is 1.31. The third-order valence-corrected chi connectivity index (χ3v) is 6.40. The van der Waals surface area contributed by atoms with Crippen LogP contribution in [0.4, 0.5) is 0 Å². The van der Waals surface area contributed by atoms with Crippen LogP contribution in [0.1, 0.15) is 32.8 Å². The Morgan fingerprint density at radius 2 is 1.86 bits per heavy atom. The molecule has 0 saturated carbocycles. The fourth-order valence-corrected chi connectivity index (χ4v) is 3.37. The zero-order valence-electron chi connectivity index (χ0n) is 13.4. The molecule has 0 heterocycles. The lowest BCUT2D eigenvalue weighted by molar-refractivity contribution is 0.403. The molecule has 2 N–H and O–H groups in total. The van der Waals surface area contributed by atoms with Crippen molar-refractivity contribution in [3.05, 3.63) is 29.8 Å². The molecule has 0 aliphatic carbocycles. The highest BCUT2D eigenvalue weighted by atomic mass is 32.2. The summed E-state index contributed by atoms with van der Waals surface area (Å²) in [6.45, 7) is 5.68. The molecule has 21 heavy (non-hydrogen) atoms. The molecule has 0 aromatic heterocycles. The molecule has 0 spiro atoms. The van der Waals surface area contributed by atoms with E-state index in [1.54, 1.807) is 27.9 Å². The van der Waals surface area contributed by atoms with Gasteiger partial charge in [-0.2, -0.15) is 0 Å². The maximum atomic E-state index is 12.2. The average molecular weight is 313 g/mol. The van der Waals surface area contributed by atoms with E-state index in [4.69, 9.17) is 10.5 Å². The molecule has 1 atom stereocenters. The number of nitrogens with two attached hydrogens (primary N) is 1. The number of methoxy groups -OCH3 is 1. The topological polar surface area (TPSA) is 69.4 Å². The minimum Gasteiger partial charge on any atom is -0.496 e. The Hall–Kier alpha value is -1.07. The van der Waals surface area contributed by atoms with Gasteiger partial charge in [0.25, 0.3) is 0 Å². The molecule has 0 saturated heterocycles. The van der Waals surface area contributed by atoms with Gasteiger partial charge in [-0.05, 0) is 57.7 Å². The second kappa shape index (κ2) is 7.27. The quantitative estimate of drug-likeness (QED) is 0.839. The fourth-order valence-electron chi connectivity index (χ4n) is 2.11. The molecule has 120 valence electrons. The Morgan fingerprint density at radius 1 is 1.24 bits per heavy atom. The summed E-state index contributed by atoms with van der Waals surface area (Å²) >= 11 is 0. The molecule has 0 aliphatic heterocycles. The largest absolute Gasteiger partial charge is 0.496 e. The lowest BCUT2D eigenvalue weighted by Gasteiger charge is -2.22. The number of ether oxygens (including phenoxy) is 1. The molecular formula is C16H27NO3S. The monoisotopic (exact) mass is 313 g/mol. The smallest absolute Gasteiger partial charge is 0.155 e. The highest BCUT2D eigenvalue weighted by Gasteiger charge is 2.29. The van der Waals surface area contributed by atoms with Gasteiger partial charge in [-0.25, -0.2) is 8.42 Å². The van der Waals surface area contributed by atoms with Crippen LogP contribution < -0.4 is 10.5 Å². The lowest BCUT2D eigenvalue weighted by atomic mass is 9.96. The summed E-state index contributed by atoms with van der Waals surface area (Å²) in [6, 6.07) is 7.79. The van der Waals surface area contributed by atoms with Gasteiger partial charge in [0.1, 0.15) is 5.75 Å². The summed E-state index contributed by atoms with van der Waals surface area (Å²) < 4.78 is 29.0. The average Bonchev–Trinajstić information content (AvgIpc) is 2.42. The molecule has 5 heteroatoms. The van der Waals surface area contributed by atoms with Crippen LogP contribution in [0.15, 0.2) is 24.3 Å². The van der Waals surface area contributed by atoms with Gasteiger partial charge in [0.15, 0.2) is 9.84 Å². The highest BCUT2D eigenvalue weighted by Crippen LogP contribution is 2.24. The van der Waals surface area contributed by atoms with E-state index in [2.05, 4.69) is 0 Å². The predicted molar refractivity (Wildman–Crippen MR) is 87.4 cm³/mol. The van der Waals surface area contributed by atoms with E-state index in [1.165, 1.54) is 0 Å². The molecule has 1 rings (SSSR count). The second-order valence-corrected chi connectivity index (χ2v) is 9.20. The molecule has 0 radical (unpaired) electrons. The van der Waals surface area contributed by atoms with Crippen LogP contribution in [0, 0.1) is 5.92 Å². The number of hydrogen-bond donors (Lipinski definition) is 1. The van der Waals surface area contributed by atoms with Crippen LogP contribution >= 0.6 is 0 Å². The Kier molecular flexibility index (Phi) is 6.23. The van der Waals surface area contributed by atoms with Crippen LogP contribution in [0.5, 0.6) is 5.75 Å². The van der Waals surface area contributed by atoms with Crippen LogP contribution in [-0.4, -0.2) is 32.6 Å². The predicted octanol–water partition coefficient (Wildman–Crippen LogP) is 2.42. The van der Waals surface area contributed by atoms with Crippen LogP contribution in [-0.2, 0) is 16.3 Å². The molecule has 1 aromatic rings. The van der Waals surface area contributed by atoms with E-state index in [1.807, 2.05) is 24.3 Å². The first-order valence-electron chi connectivity index (χ1n) is 7.25. The van der Waals surface area contributed by atoms with E-state index < -0.39 is 14.6 Å². The standard InChI is InChI=1S/C16H27NO3S/c1-16(2,3)21(18,19)10-9-13(12-17)11-14-7-5-6-8-15(14)20-4/h5-8,13H,9-12,17H2,1-4H3. The number of benzene rings is 1. The Labute approximate surface area is 128 Å². The van der Waals surface area contributed by atoms with E-state index in [9.17, 15) is 8.42 Å². The lowest BCUT2D eigenvalue weighted by Crippen LogP contribution is -2.32.